The Morgan fingerprint density at radius 3 is 2.07 bits per heavy atom. The van der Waals surface area contributed by atoms with Crippen LogP contribution in [0.2, 0.25) is 0 Å². The van der Waals surface area contributed by atoms with Crippen molar-refractivity contribution in [3.05, 3.63) is 11.6 Å². The van der Waals surface area contributed by atoms with E-state index in [0.717, 1.165) is 63.9 Å². The van der Waals surface area contributed by atoms with Crippen molar-refractivity contribution in [3.8, 4) is 0 Å². The van der Waals surface area contributed by atoms with Gasteiger partial charge in [0, 0.05) is 12.3 Å². The van der Waals surface area contributed by atoms with Crippen molar-refractivity contribution in [2.75, 3.05) is 0 Å². The van der Waals surface area contributed by atoms with E-state index < -0.39 is 5.60 Å². The van der Waals surface area contributed by atoms with E-state index in [9.17, 15) is 14.7 Å². The number of allylic oxidation sites excluding steroid dienone is 2. The van der Waals surface area contributed by atoms with Gasteiger partial charge in [-0.1, -0.05) is 69.9 Å². The molecule has 0 spiro atoms. The van der Waals surface area contributed by atoms with Crippen molar-refractivity contribution in [3.63, 3.8) is 0 Å². The first-order chi connectivity index (χ1) is 13.4. The number of hydrogen-bond acceptors (Lipinski definition) is 3. The van der Waals surface area contributed by atoms with Gasteiger partial charge in [-0.25, -0.2) is 0 Å². The molecular formula is C25H46O3. The van der Waals surface area contributed by atoms with E-state index in [1.54, 1.807) is 0 Å². The van der Waals surface area contributed by atoms with Crippen LogP contribution in [0.15, 0.2) is 11.6 Å². The third-order valence-electron chi connectivity index (χ3n) is 5.45. The van der Waals surface area contributed by atoms with Gasteiger partial charge in [-0.05, 0) is 58.8 Å². The third kappa shape index (κ3) is 18.4. The van der Waals surface area contributed by atoms with Crippen molar-refractivity contribution in [2.45, 2.75) is 129 Å². The SMILES string of the molecule is CC(C)(O)CCCC1=CCC(C=O)CC1.CCCCCCCCCCCC=O. The van der Waals surface area contributed by atoms with E-state index in [1.165, 1.54) is 56.9 Å². The van der Waals surface area contributed by atoms with E-state index in [-0.39, 0.29) is 5.92 Å². The zero-order valence-electron chi connectivity index (χ0n) is 18.9. The van der Waals surface area contributed by atoms with E-state index in [2.05, 4.69) is 13.0 Å². The van der Waals surface area contributed by atoms with Gasteiger partial charge in [0.1, 0.15) is 12.6 Å². The fourth-order valence-electron chi connectivity index (χ4n) is 3.55. The molecule has 0 radical (unpaired) electrons. The average Bonchev–Trinajstić information content (AvgIpc) is 2.67. The molecule has 0 amide bonds. The second-order valence-electron chi connectivity index (χ2n) is 8.98. The molecule has 1 rings (SSSR count). The van der Waals surface area contributed by atoms with Gasteiger partial charge in [-0.2, -0.15) is 0 Å². The predicted octanol–water partition coefficient (Wildman–Crippen LogP) is 6.96. The fourth-order valence-corrected chi connectivity index (χ4v) is 3.55. The van der Waals surface area contributed by atoms with Crippen LogP contribution in [-0.2, 0) is 9.59 Å². The molecule has 0 bridgehead atoms. The first-order valence-electron chi connectivity index (χ1n) is 11.7. The summed E-state index contributed by atoms with van der Waals surface area (Å²) in [5.74, 6) is 0.253. The lowest BCUT2D eigenvalue weighted by molar-refractivity contribution is -0.111. The molecule has 0 saturated heterocycles. The largest absolute Gasteiger partial charge is 0.390 e. The minimum atomic E-state index is -0.541. The molecule has 3 heteroatoms. The Labute approximate surface area is 174 Å². The summed E-state index contributed by atoms with van der Waals surface area (Å²) in [5.41, 5.74) is 0.929. The summed E-state index contributed by atoms with van der Waals surface area (Å²) in [7, 11) is 0. The van der Waals surface area contributed by atoms with E-state index in [0.29, 0.717) is 0 Å². The van der Waals surface area contributed by atoms with Gasteiger partial charge in [0.05, 0.1) is 5.60 Å². The standard InChI is InChI=1S/C13H22O2.C12H24O/c1-13(2,15)9-3-4-11-5-7-12(10-14)8-6-11;1-2-3-4-5-6-7-8-9-10-11-12-13/h5,10,12,15H,3-4,6-9H2,1-2H3;12H,2-11H2,1H3. The highest BCUT2D eigenvalue weighted by Gasteiger charge is 2.15. The zero-order valence-corrected chi connectivity index (χ0v) is 18.9. The number of rotatable bonds is 15. The molecule has 0 aromatic carbocycles. The molecule has 3 nitrogen and oxygen atoms in total. The summed E-state index contributed by atoms with van der Waals surface area (Å²) in [6.07, 6.45) is 23.0. The summed E-state index contributed by atoms with van der Waals surface area (Å²) in [6.45, 7) is 5.95. The third-order valence-corrected chi connectivity index (χ3v) is 5.45. The molecule has 28 heavy (non-hydrogen) atoms. The second-order valence-corrected chi connectivity index (χ2v) is 8.98. The highest BCUT2D eigenvalue weighted by molar-refractivity contribution is 5.54. The average molecular weight is 395 g/mol. The maximum absolute atomic E-state index is 10.5. The maximum Gasteiger partial charge on any atom is 0.123 e. The van der Waals surface area contributed by atoms with Crippen LogP contribution in [0, 0.1) is 5.92 Å². The molecule has 1 N–H and O–H groups in total. The fraction of sp³-hybridized carbons (Fsp3) is 0.840. The van der Waals surface area contributed by atoms with Crippen LogP contribution in [0.3, 0.4) is 0 Å². The maximum atomic E-state index is 10.5. The van der Waals surface area contributed by atoms with Crippen LogP contribution >= 0.6 is 0 Å². The monoisotopic (exact) mass is 394 g/mol. The molecule has 0 fully saturated rings. The molecule has 0 aromatic heterocycles. The molecule has 1 aliphatic carbocycles. The number of aliphatic hydroxyl groups is 1. The lowest BCUT2D eigenvalue weighted by Gasteiger charge is -2.20. The van der Waals surface area contributed by atoms with Crippen LogP contribution < -0.4 is 0 Å². The van der Waals surface area contributed by atoms with Gasteiger partial charge in [-0.15, -0.1) is 0 Å². The first-order valence-corrected chi connectivity index (χ1v) is 11.7. The molecular weight excluding hydrogens is 348 g/mol. The Morgan fingerprint density at radius 2 is 1.61 bits per heavy atom. The molecule has 1 atom stereocenters. The summed E-state index contributed by atoms with van der Waals surface area (Å²) in [6, 6.07) is 0. The van der Waals surface area contributed by atoms with Gasteiger partial charge in [0.25, 0.3) is 0 Å². The summed E-state index contributed by atoms with van der Waals surface area (Å²) in [5, 5.41) is 9.56. The van der Waals surface area contributed by atoms with Gasteiger partial charge in [-0.3, -0.25) is 0 Å². The topological polar surface area (TPSA) is 54.4 Å². The molecule has 1 unspecified atom stereocenters. The number of carbonyl (C=O) groups excluding carboxylic acids is 2. The molecule has 0 saturated carbocycles. The first kappa shape index (κ1) is 27.0. The summed E-state index contributed by atoms with van der Waals surface area (Å²) >= 11 is 0. The Balaban J connectivity index is 0.000000528. The van der Waals surface area contributed by atoms with Crippen molar-refractivity contribution in [2.24, 2.45) is 5.92 Å². The van der Waals surface area contributed by atoms with Crippen LogP contribution in [0.4, 0.5) is 0 Å². The number of carbonyl (C=O) groups is 2. The smallest absolute Gasteiger partial charge is 0.123 e. The summed E-state index contributed by atoms with van der Waals surface area (Å²) < 4.78 is 0. The Hall–Kier alpha value is -0.960. The van der Waals surface area contributed by atoms with Gasteiger partial charge >= 0.3 is 0 Å². The Morgan fingerprint density at radius 1 is 1.00 bits per heavy atom. The van der Waals surface area contributed by atoms with Gasteiger partial charge < -0.3 is 14.7 Å². The molecule has 0 aliphatic heterocycles. The minimum Gasteiger partial charge on any atom is -0.390 e. The lowest BCUT2D eigenvalue weighted by atomic mass is 9.87. The van der Waals surface area contributed by atoms with Crippen LogP contribution in [0.5, 0.6) is 0 Å². The van der Waals surface area contributed by atoms with Crippen molar-refractivity contribution < 1.29 is 14.7 Å². The quantitative estimate of drug-likeness (QED) is 0.185. The molecule has 0 aromatic rings. The lowest BCUT2D eigenvalue weighted by Crippen LogP contribution is -2.18. The Bertz CT molecular complexity index is 407. The van der Waals surface area contributed by atoms with E-state index in [1.807, 2.05) is 13.8 Å². The number of hydrogen-bond donors (Lipinski definition) is 1. The van der Waals surface area contributed by atoms with E-state index in [4.69, 9.17) is 0 Å². The predicted molar refractivity (Wildman–Crippen MR) is 120 cm³/mol. The van der Waals surface area contributed by atoms with Crippen LogP contribution in [0.25, 0.3) is 0 Å². The normalized spacial score (nSPS) is 16.7. The molecule has 1 aliphatic rings. The molecule has 0 heterocycles. The highest BCUT2D eigenvalue weighted by atomic mass is 16.3. The van der Waals surface area contributed by atoms with E-state index >= 15 is 0 Å². The van der Waals surface area contributed by atoms with Gasteiger partial charge in [0.2, 0.25) is 0 Å². The Kier molecular flexibility index (Phi) is 17.5. The molecule has 164 valence electrons. The summed E-state index contributed by atoms with van der Waals surface area (Å²) in [4.78, 5) is 20.6. The van der Waals surface area contributed by atoms with Crippen LogP contribution in [0.1, 0.15) is 124 Å². The number of aldehydes is 2. The minimum absolute atomic E-state index is 0.253. The highest BCUT2D eigenvalue weighted by Crippen LogP contribution is 2.26. The van der Waals surface area contributed by atoms with Crippen molar-refractivity contribution in [1.82, 2.24) is 0 Å². The second kappa shape index (κ2) is 18.1. The van der Waals surface area contributed by atoms with Crippen molar-refractivity contribution in [1.29, 1.82) is 0 Å². The number of unbranched alkanes of at least 4 members (excludes halogenated alkanes) is 9. The zero-order chi connectivity index (χ0) is 21.1. The van der Waals surface area contributed by atoms with Crippen LogP contribution in [-0.4, -0.2) is 23.3 Å². The van der Waals surface area contributed by atoms with Gasteiger partial charge in [0.15, 0.2) is 0 Å². The van der Waals surface area contributed by atoms with Crippen molar-refractivity contribution >= 4 is 12.6 Å².